The van der Waals surface area contributed by atoms with Gasteiger partial charge in [0.2, 0.25) is 0 Å². The van der Waals surface area contributed by atoms with Crippen molar-refractivity contribution < 1.29 is 4.74 Å². The van der Waals surface area contributed by atoms with Crippen LogP contribution in [-0.2, 0) is 4.74 Å². The molecule has 0 amide bonds. The van der Waals surface area contributed by atoms with Gasteiger partial charge in [-0.25, -0.2) is 0 Å². The molecule has 1 saturated carbocycles. The molecule has 0 radical (unpaired) electrons. The fourth-order valence-corrected chi connectivity index (χ4v) is 5.87. The summed E-state index contributed by atoms with van der Waals surface area (Å²) in [6.07, 6.45) is 14.2. The van der Waals surface area contributed by atoms with Crippen molar-refractivity contribution in [1.29, 1.82) is 0 Å². The Balaban J connectivity index is 1.70. The predicted molar refractivity (Wildman–Crippen MR) is 86.8 cm³/mol. The third-order valence-electron chi connectivity index (χ3n) is 7.14. The van der Waals surface area contributed by atoms with Crippen molar-refractivity contribution in [2.75, 3.05) is 7.11 Å². The first kappa shape index (κ1) is 13.7. The molecule has 3 unspecified atom stereocenters. The first-order valence-electron chi connectivity index (χ1n) is 8.77. The molecule has 0 spiro atoms. The fourth-order valence-electron chi connectivity index (χ4n) is 5.87. The highest BCUT2D eigenvalue weighted by Crippen LogP contribution is 2.60. The zero-order valence-electron chi connectivity index (χ0n) is 13.7. The van der Waals surface area contributed by atoms with Gasteiger partial charge in [0.25, 0.3) is 0 Å². The second kappa shape index (κ2) is 4.76. The van der Waals surface area contributed by atoms with Crippen LogP contribution < -0.4 is 0 Å². The molecule has 0 N–H and O–H groups in total. The zero-order valence-corrected chi connectivity index (χ0v) is 13.7. The van der Waals surface area contributed by atoms with Gasteiger partial charge < -0.3 is 4.74 Å². The second-order valence-corrected chi connectivity index (χ2v) is 7.89. The highest BCUT2D eigenvalue weighted by atomic mass is 16.5. The lowest BCUT2D eigenvalue weighted by Gasteiger charge is -2.52. The van der Waals surface area contributed by atoms with Crippen molar-refractivity contribution in [3.63, 3.8) is 0 Å². The van der Waals surface area contributed by atoms with E-state index in [-0.39, 0.29) is 0 Å². The summed E-state index contributed by atoms with van der Waals surface area (Å²) in [6.45, 7) is 4.92. The molecule has 0 saturated heterocycles. The Hall–Kier alpha value is -0.980. The quantitative estimate of drug-likeness (QED) is 0.586. The topological polar surface area (TPSA) is 9.23 Å². The first-order valence-corrected chi connectivity index (χ1v) is 8.77. The molecule has 1 nitrogen and oxygen atoms in total. The average Bonchev–Trinajstić information content (AvgIpc) is 2.88. The van der Waals surface area contributed by atoms with Gasteiger partial charge in [-0.05, 0) is 80.3 Å². The summed E-state index contributed by atoms with van der Waals surface area (Å²) in [5.74, 6) is 3.90. The van der Waals surface area contributed by atoms with Crippen molar-refractivity contribution in [2.24, 2.45) is 23.2 Å². The summed E-state index contributed by atoms with van der Waals surface area (Å²) >= 11 is 0. The highest BCUT2D eigenvalue weighted by molar-refractivity contribution is 5.37. The van der Waals surface area contributed by atoms with Crippen LogP contribution in [0.3, 0.4) is 0 Å². The predicted octanol–water partition coefficient (Wildman–Crippen LogP) is 5.40. The van der Waals surface area contributed by atoms with Gasteiger partial charge in [-0.2, -0.15) is 0 Å². The van der Waals surface area contributed by atoms with Gasteiger partial charge in [-0.3, -0.25) is 0 Å². The van der Waals surface area contributed by atoms with Crippen LogP contribution in [0.4, 0.5) is 0 Å². The van der Waals surface area contributed by atoms with E-state index >= 15 is 0 Å². The van der Waals surface area contributed by atoms with Crippen LogP contribution >= 0.6 is 0 Å². The van der Waals surface area contributed by atoms with Gasteiger partial charge in [0.1, 0.15) is 0 Å². The monoisotopic (exact) mass is 284 g/mol. The Kier molecular flexibility index (Phi) is 3.10. The van der Waals surface area contributed by atoms with E-state index < -0.39 is 0 Å². The molecule has 0 bridgehead atoms. The second-order valence-electron chi connectivity index (χ2n) is 7.89. The van der Waals surface area contributed by atoms with Crippen LogP contribution in [0.25, 0.3) is 0 Å². The number of ether oxygens (including phenoxy) is 1. The van der Waals surface area contributed by atoms with Crippen molar-refractivity contribution in [2.45, 2.75) is 58.8 Å². The number of hydrogen-bond donors (Lipinski definition) is 0. The summed E-state index contributed by atoms with van der Waals surface area (Å²) in [5, 5.41) is 0. The van der Waals surface area contributed by atoms with E-state index in [1.165, 1.54) is 44.3 Å². The van der Waals surface area contributed by atoms with Crippen molar-refractivity contribution in [3.8, 4) is 0 Å². The summed E-state index contributed by atoms with van der Waals surface area (Å²) in [5.41, 5.74) is 5.56. The van der Waals surface area contributed by atoms with E-state index in [1.54, 1.807) is 11.1 Å². The Morgan fingerprint density at radius 1 is 1.19 bits per heavy atom. The van der Waals surface area contributed by atoms with Crippen LogP contribution in [0.15, 0.2) is 34.6 Å². The SMILES string of the molecule is COC1=CC2=CCC3C4CCC(C)=C4CCC3[C@@]2(C)CC1. The maximum absolute atomic E-state index is 5.52. The Morgan fingerprint density at radius 2 is 2.05 bits per heavy atom. The molecule has 1 fully saturated rings. The maximum Gasteiger partial charge on any atom is 0.0958 e. The maximum atomic E-state index is 5.52. The number of methoxy groups -OCH3 is 1. The lowest BCUT2D eigenvalue weighted by Crippen LogP contribution is -2.43. The third kappa shape index (κ3) is 1.89. The first-order chi connectivity index (χ1) is 10.1. The van der Waals surface area contributed by atoms with Crippen molar-refractivity contribution >= 4 is 0 Å². The molecule has 21 heavy (non-hydrogen) atoms. The van der Waals surface area contributed by atoms with Gasteiger partial charge in [0, 0.05) is 6.42 Å². The molecule has 4 aliphatic rings. The van der Waals surface area contributed by atoms with E-state index in [0.717, 1.165) is 24.2 Å². The summed E-state index contributed by atoms with van der Waals surface area (Å²) in [4.78, 5) is 0. The Bertz CT molecular complexity index is 550. The van der Waals surface area contributed by atoms with Crippen LogP contribution in [-0.4, -0.2) is 7.11 Å². The average molecular weight is 284 g/mol. The van der Waals surface area contributed by atoms with Crippen LogP contribution in [0.2, 0.25) is 0 Å². The number of allylic oxidation sites excluding steroid dienone is 6. The number of fused-ring (bicyclic) bond motifs is 5. The third-order valence-corrected chi connectivity index (χ3v) is 7.14. The van der Waals surface area contributed by atoms with Crippen molar-refractivity contribution in [1.82, 2.24) is 0 Å². The van der Waals surface area contributed by atoms with Crippen LogP contribution in [0, 0.1) is 23.2 Å². The van der Waals surface area contributed by atoms with Gasteiger partial charge >= 0.3 is 0 Å². The van der Waals surface area contributed by atoms with E-state index in [1.807, 2.05) is 12.7 Å². The minimum Gasteiger partial charge on any atom is -0.501 e. The van der Waals surface area contributed by atoms with Crippen molar-refractivity contribution in [3.05, 3.63) is 34.6 Å². The molecule has 0 aromatic rings. The molecule has 0 aromatic carbocycles. The molecule has 4 aliphatic carbocycles. The van der Waals surface area contributed by atoms with E-state index in [9.17, 15) is 0 Å². The molecular formula is C20H28O. The van der Waals surface area contributed by atoms with Gasteiger partial charge in [0.15, 0.2) is 0 Å². The molecule has 114 valence electrons. The normalized spacial score (nSPS) is 41.8. The van der Waals surface area contributed by atoms with E-state index in [4.69, 9.17) is 4.74 Å². The van der Waals surface area contributed by atoms with Gasteiger partial charge in [-0.15, -0.1) is 0 Å². The number of rotatable bonds is 1. The lowest BCUT2D eigenvalue weighted by molar-refractivity contribution is 0.0655. The summed E-state index contributed by atoms with van der Waals surface area (Å²) in [6, 6.07) is 0. The fraction of sp³-hybridized carbons (Fsp3) is 0.700. The molecule has 1 heteroatoms. The molecule has 4 rings (SSSR count). The molecule has 0 aromatic heterocycles. The standard InChI is InChI=1S/C20H28O/c1-13-4-6-17-16(13)8-9-19-18(17)7-5-14-12-15(21-3)10-11-20(14,19)2/h5,12,17-19H,4,6-11H2,1-3H3/t17?,18?,19?,20-/m0/s1. The largest absolute Gasteiger partial charge is 0.501 e. The molecule has 0 heterocycles. The number of hydrogen-bond acceptors (Lipinski definition) is 1. The molecular weight excluding hydrogens is 256 g/mol. The minimum atomic E-state index is 0.410. The molecule has 4 atom stereocenters. The highest BCUT2D eigenvalue weighted by Gasteiger charge is 2.50. The van der Waals surface area contributed by atoms with E-state index in [2.05, 4.69) is 26.0 Å². The Morgan fingerprint density at radius 3 is 2.86 bits per heavy atom. The lowest BCUT2D eigenvalue weighted by atomic mass is 9.52. The zero-order chi connectivity index (χ0) is 14.6. The van der Waals surface area contributed by atoms with Gasteiger partial charge in [0.05, 0.1) is 12.9 Å². The van der Waals surface area contributed by atoms with E-state index in [0.29, 0.717) is 5.41 Å². The summed E-state index contributed by atoms with van der Waals surface area (Å²) < 4.78 is 5.52. The smallest absolute Gasteiger partial charge is 0.0958 e. The summed E-state index contributed by atoms with van der Waals surface area (Å²) in [7, 11) is 1.82. The van der Waals surface area contributed by atoms with Crippen LogP contribution in [0.5, 0.6) is 0 Å². The Labute approximate surface area is 129 Å². The minimum absolute atomic E-state index is 0.410. The van der Waals surface area contributed by atoms with Crippen LogP contribution in [0.1, 0.15) is 58.8 Å². The molecule has 0 aliphatic heterocycles. The van der Waals surface area contributed by atoms with Gasteiger partial charge in [-0.1, -0.05) is 24.1 Å².